The maximum absolute atomic E-state index is 9.44. The van der Waals surface area contributed by atoms with Crippen LogP contribution in [0.25, 0.3) is 0 Å². The molecule has 2 nitrogen and oxygen atoms in total. The van der Waals surface area contributed by atoms with Crippen LogP contribution in [0.4, 0.5) is 0 Å². The van der Waals surface area contributed by atoms with Gasteiger partial charge in [-0.1, -0.05) is 0 Å². The molecule has 0 saturated heterocycles. The lowest BCUT2D eigenvalue weighted by atomic mass is 9.78. The predicted octanol–water partition coefficient (Wildman–Crippen LogP) is 1.29. The summed E-state index contributed by atoms with van der Waals surface area (Å²) >= 11 is 0. The second kappa shape index (κ2) is 2.76. The summed E-state index contributed by atoms with van der Waals surface area (Å²) in [5.74, 6) is 0. The summed E-state index contributed by atoms with van der Waals surface area (Å²) in [6.07, 6.45) is 3.83. The predicted molar refractivity (Wildman–Crippen MR) is 46.6 cm³/mol. The van der Waals surface area contributed by atoms with E-state index >= 15 is 0 Å². The second-order valence-corrected chi connectivity index (χ2v) is 4.58. The van der Waals surface area contributed by atoms with Crippen LogP contribution in [0.1, 0.15) is 40.0 Å². The van der Waals surface area contributed by atoms with Crippen LogP contribution in [0, 0.1) is 0 Å². The SMILES string of the molecule is CC(C)(O)CNC1(C)CCC1. The van der Waals surface area contributed by atoms with Crippen LogP contribution in [0.15, 0.2) is 0 Å². The Balaban J connectivity index is 2.21. The quantitative estimate of drug-likeness (QED) is 0.647. The minimum absolute atomic E-state index is 0.319. The Bertz CT molecular complexity index is 133. The Morgan fingerprint density at radius 1 is 1.45 bits per heavy atom. The molecular formula is C9H19NO. The van der Waals surface area contributed by atoms with Crippen LogP contribution in [0.2, 0.25) is 0 Å². The van der Waals surface area contributed by atoms with Gasteiger partial charge in [-0.3, -0.25) is 0 Å². The van der Waals surface area contributed by atoms with Crippen LogP contribution < -0.4 is 5.32 Å². The van der Waals surface area contributed by atoms with E-state index in [1.165, 1.54) is 19.3 Å². The molecule has 0 aromatic heterocycles. The summed E-state index contributed by atoms with van der Waals surface area (Å²) in [5.41, 5.74) is -0.251. The summed E-state index contributed by atoms with van der Waals surface area (Å²) in [7, 11) is 0. The summed E-state index contributed by atoms with van der Waals surface area (Å²) in [4.78, 5) is 0. The van der Waals surface area contributed by atoms with Gasteiger partial charge in [-0.2, -0.15) is 0 Å². The molecule has 0 aromatic carbocycles. The van der Waals surface area contributed by atoms with E-state index in [0.29, 0.717) is 12.1 Å². The Hall–Kier alpha value is -0.0800. The summed E-state index contributed by atoms with van der Waals surface area (Å²) in [5, 5.41) is 12.8. The first-order chi connectivity index (χ1) is 4.91. The van der Waals surface area contributed by atoms with Gasteiger partial charge in [0.2, 0.25) is 0 Å². The number of hydrogen-bond donors (Lipinski definition) is 2. The van der Waals surface area contributed by atoms with E-state index < -0.39 is 5.60 Å². The molecule has 0 unspecified atom stereocenters. The Kier molecular flexibility index (Phi) is 2.26. The highest BCUT2D eigenvalue weighted by molar-refractivity contribution is 4.92. The second-order valence-electron chi connectivity index (χ2n) is 4.58. The maximum atomic E-state index is 9.44. The van der Waals surface area contributed by atoms with E-state index in [0.717, 1.165) is 0 Å². The zero-order valence-corrected chi connectivity index (χ0v) is 7.78. The van der Waals surface area contributed by atoms with Crippen molar-refractivity contribution >= 4 is 0 Å². The monoisotopic (exact) mass is 157 g/mol. The molecule has 0 aromatic rings. The van der Waals surface area contributed by atoms with E-state index in [-0.39, 0.29) is 0 Å². The van der Waals surface area contributed by atoms with Crippen LogP contribution in [0.3, 0.4) is 0 Å². The molecule has 0 atom stereocenters. The highest BCUT2D eigenvalue weighted by Gasteiger charge is 2.32. The molecule has 11 heavy (non-hydrogen) atoms. The normalized spacial score (nSPS) is 22.9. The van der Waals surface area contributed by atoms with Crippen LogP contribution in [-0.4, -0.2) is 22.8 Å². The summed E-state index contributed by atoms with van der Waals surface area (Å²) < 4.78 is 0. The fraction of sp³-hybridized carbons (Fsp3) is 1.00. The van der Waals surface area contributed by atoms with Crippen LogP contribution in [0.5, 0.6) is 0 Å². The summed E-state index contributed by atoms with van der Waals surface area (Å²) in [6, 6.07) is 0. The van der Waals surface area contributed by atoms with Gasteiger partial charge in [0.1, 0.15) is 0 Å². The number of hydrogen-bond acceptors (Lipinski definition) is 2. The van der Waals surface area contributed by atoms with Gasteiger partial charge >= 0.3 is 0 Å². The van der Waals surface area contributed by atoms with Crippen molar-refractivity contribution in [3.05, 3.63) is 0 Å². The number of β-amino-alcohol motifs (C(OH)–C–C–N with tert-alkyl or cyclic N) is 1. The third kappa shape index (κ3) is 2.80. The average molecular weight is 157 g/mol. The zero-order valence-electron chi connectivity index (χ0n) is 7.78. The first-order valence-corrected chi connectivity index (χ1v) is 4.39. The topological polar surface area (TPSA) is 32.3 Å². The average Bonchev–Trinajstić information content (AvgIpc) is 1.77. The minimum atomic E-state index is -0.571. The van der Waals surface area contributed by atoms with Gasteiger partial charge in [-0.25, -0.2) is 0 Å². The van der Waals surface area contributed by atoms with Crippen molar-refractivity contribution < 1.29 is 5.11 Å². The Labute approximate surface area is 69.0 Å². The lowest BCUT2D eigenvalue weighted by Crippen LogP contribution is -2.52. The molecule has 0 bridgehead atoms. The van der Waals surface area contributed by atoms with E-state index in [4.69, 9.17) is 0 Å². The van der Waals surface area contributed by atoms with Crippen molar-refractivity contribution in [2.24, 2.45) is 0 Å². The van der Waals surface area contributed by atoms with Gasteiger partial charge < -0.3 is 10.4 Å². The highest BCUT2D eigenvalue weighted by Crippen LogP contribution is 2.30. The Morgan fingerprint density at radius 2 is 2.00 bits per heavy atom. The lowest BCUT2D eigenvalue weighted by Gasteiger charge is -2.41. The first-order valence-electron chi connectivity index (χ1n) is 4.39. The third-order valence-corrected chi connectivity index (χ3v) is 2.40. The lowest BCUT2D eigenvalue weighted by molar-refractivity contribution is 0.0594. The van der Waals surface area contributed by atoms with Crippen LogP contribution in [-0.2, 0) is 0 Å². The molecule has 1 saturated carbocycles. The Morgan fingerprint density at radius 3 is 2.27 bits per heavy atom. The molecule has 0 spiro atoms. The largest absolute Gasteiger partial charge is 0.389 e. The number of nitrogens with one attached hydrogen (secondary N) is 1. The fourth-order valence-corrected chi connectivity index (χ4v) is 1.31. The maximum Gasteiger partial charge on any atom is 0.0715 e. The van der Waals surface area contributed by atoms with Crippen molar-refractivity contribution in [2.45, 2.75) is 51.2 Å². The molecule has 1 fully saturated rings. The number of aliphatic hydroxyl groups is 1. The van der Waals surface area contributed by atoms with E-state index in [1.807, 2.05) is 13.8 Å². The smallest absolute Gasteiger partial charge is 0.0715 e. The van der Waals surface area contributed by atoms with Gasteiger partial charge in [0, 0.05) is 12.1 Å². The first kappa shape index (κ1) is 9.01. The fourth-order valence-electron chi connectivity index (χ4n) is 1.31. The number of rotatable bonds is 3. The van der Waals surface area contributed by atoms with E-state index in [1.54, 1.807) is 0 Å². The van der Waals surface area contributed by atoms with Crippen molar-refractivity contribution in [3.8, 4) is 0 Å². The molecular weight excluding hydrogens is 138 g/mol. The van der Waals surface area contributed by atoms with Crippen molar-refractivity contribution in [2.75, 3.05) is 6.54 Å². The summed E-state index contributed by atoms with van der Waals surface area (Å²) in [6.45, 7) is 6.59. The van der Waals surface area contributed by atoms with Gasteiger partial charge in [0.25, 0.3) is 0 Å². The third-order valence-electron chi connectivity index (χ3n) is 2.40. The molecule has 0 radical (unpaired) electrons. The van der Waals surface area contributed by atoms with Crippen LogP contribution >= 0.6 is 0 Å². The minimum Gasteiger partial charge on any atom is -0.389 e. The molecule has 2 heteroatoms. The molecule has 1 aliphatic carbocycles. The molecule has 1 rings (SSSR count). The highest BCUT2D eigenvalue weighted by atomic mass is 16.3. The van der Waals surface area contributed by atoms with Gasteiger partial charge in [-0.05, 0) is 40.0 Å². The molecule has 66 valence electrons. The molecule has 0 amide bonds. The van der Waals surface area contributed by atoms with Gasteiger partial charge in [0.05, 0.1) is 5.60 Å². The van der Waals surface area contributed by atoms with Crippen molar-refractivity contribution in [1.29, 1.82) is 0 Å². The van der Waals surface area contributed by atoms with E-state index in [9.17, 15) is 5.11 Å². The van der Waals surface area contributed by atoms with Crippen molar-refractivity contribution in [1.82, 2.24) is 5.32 Å². The van der Waals surface area contributed by atoms with Gasteiger partial charge in [0.15, 0.2) is 0 Å². The molecule has 1 aliphatic rings. The standard InChI is InChI=1S/C9H19NO/c1-8(2,11)7-10-9(3)5-4-6-9/h10-11H,4-7H2,1-3H3. The molecule has 2 N–H and O–H groups in total. The molecule has 0 heterocycles. The zero-order chi connectivity index (χ0) is 8.54. The van der Waals surface area contributed by atoms with E-state index in [2.05, 4.69) is 12.2 Å². The van der Waals surface area contributed by atoms with Crippen molar-refractivity contribution in [3.63, 3.8) is 0 Å². The molecule has 0 aliphatic heterocycles. The van der Waals surface area contributed by atoms with Gasteiger partial charge in [-0.15, -0.1) is 0 Å².